The number of rotatable bonds is 4. The molecule has 5 nitrogen and oxygen atoms in total. The molecule has 0 aliphatic heterocycles. The number of hydrogen-bond donors (Lipinski definition) is 3. The molecule has 1 amide bonds. The first-order chi connectivity index (χ1) is 9.95. The molecule has 0 spiro atoms. The third-order valence-corrected chi connectivity index (χ3v) is 3.09. The number of anilines is 1. The molecule has 0 bridgehead atoms. The zero-order valence-corrected chi connectivity index (χ0v) is 11.6. The number of halogens is 1. The minimum Gasteiger partial charge on any atom is -0.508 e. The van der Waals surface area contributed by atoms with Crippen LogP contribution >= 0.6 is 11.6 Å². The van der Waals surface area contributed by atoms with E-state index in [4.69, 9.17) is 16.7 Å². The van der Waals surface area contributed by atoms with Crippen LogP contribution in [0.25, 0.3) is 0 Å². The molecule has 0 aliphatic carbocycles. The van der Waals surface area contributed by atoms with E-state index in [0.717, 1.165) is 0 Å². The number of nitrogens with one attached hydrogen (secondary N) is 1. The standard InChI is InChI=1S/C15H12ClNO4/c16-12-5-4-10(15(20)21)8-13(12)17-14(19)7-9-2-1-3-11(18)6-9/h1-6,8,18H,7H2,(H,17,19)(H,20,21). The van der Waals surface area contributed by atoms with E-state index in [2.05, 4.69) is 5.32 Å². The Morgan fingerprint density at radius 1 is 1.14 bits per heavy atom. The van der Waals surface area contributed by atoms with Crippen molar-refractivity contribution in [3.63, 3.8) is 0 Å². The van der Waals surface area contributed by atoms with E-state index in [0.29, 0.717) is 5.56 Å². The Balaban J connectivity index is 2.12. The summed E-state index contributed by atoms with van der Waals surface area (Å²) in [6, 6.07) is 10.4. The lowest BCUT2D eigenvalue weighted by atomic mass is 10.1. The molecule has 0 radical (unpaired) electrons. The summed E-state index contributed by atoms with van der Waals surface area (Å²) in [5, 5.41) is 21.1. The Hall–Kier alpha value is -2.53. The second kappa shape index (κ2) is 6.28. The molecule has 0 heterocycles. The Labute approximate surface area is 125 Å². The Morgan fingerprint density at radius 2 is 1.90 bits per heavy atom. The van der Waals surface area contributed by atoms with E-state index in [1.807, 2.05) is 0 Å². The van der Waals surface area contributed by atoms with Gasteiger partial charge in [0.2, 0.25) is 5.91 Å². The third-order valence-electron chi connectivity index (χ3n) is 2.76. The van der Waals surface area contributed by atoms with Gasteiger partial charge in [-0.25, -0.2) is 4.79 Å². The predicted octanol–water partition coefficient (Wildman–Crippen LogP) is 2.93. The third kappa shape index (κ3) is 3.97. The Morgan fingerprint density at radius 3 is 2.57 bits per heavy atom. The van der Waals surface area contributed by atoms with Gasteiger partial charge in [-0.3, -0.25) is 4.79 Å². The lowest BCUT2D eigenvalue weighted by Crippen LogP contribution is -2.15. The van der Waals surface area contributed by atoms with Crippen LogP contribution in [0, 0.1) is 0 Å². The van der Waals surface area contributed by atoms with Gasteiger partial charge in [-0.2, -0.15) is 0 Å². The quantitative estimate of drug-likeness (QED) is 0.810. The van der Waals surface area contributed by atoms with Crippen molar-refractivity contribution >= 4 is 29.2 Å². The maximum atomic E-state index is 11.9. The maximum absolute atomic E-state index is 11.9. The summed E-state index contributed by atoms with van der Waals surface area (Å²) in [7, 11) is 0. The topological polar surface area (TPSA) is 86.6 Å². The molecule has 2 aromatic carbocycles. The van der Waals surface area contributed by atoms with Crippen molar-refractivity contribution in [3.8, 4) is 5.75 Å². The number of carbonyl (C=O) groups is 2. The molecule has 0 saturated heterocycles. The van der Waals surface area contributed by atoms with Gasteiger partial charge in [0.15, 0.2) is 0 Å². The summed E-state index contributed by atoms with van der Waals surface area (Å²) in [5.41, 5.74) is 0.909. The normalized spacial score (nSPS) is 10.1. The van der Waals surface area contributed by atoms with Crippen LogP contribution in [0.2, 0.25) is 5.02 Å². The van der Waals surface area contributed by atoms with Crippen LogP contribution in [0.3, 0.4) is 0 Å². The molecule has 6 heteroatoms. The highest BCUT2D eigenvalue weighted by Crippen LogP contribution is 2.23. The number of carboxylic acids is 1. The van der Waals surface area contributed by atoms with Gasteiger partial charge >= 0.3 is 5.97 Å². The average molecular weight is 306 g/mol. The van der Waals surface area contributed by atoms with Crippen LogP contribution < -0.4 is 5.32 Å². The van der Waals surface area contributed by atoms with E-state index in [1.54, 1.807) is 12.1 Å². The predicted molar refractivity (Wildman–Crippen MR) is 78.9 cm³/mol. The van der Waals surface area contributed by atoms with Crippen molar-refractivity contribution in [1.82, 2.24) is 0 Å². The molecule has 3 N–H and O–H groups in total. The van der Waals surface area contributed by atoms with E-state index in [9.17, 15) is 14.7 Å². The van der Waals surface area contributed by atoms with E-state index < -0.39 is 5.97 Å². The Bertz CT molecular complexity index is 700. The van der Waals surface area contributed by atoms with E-state index >= 15 is 0 Å². The molecule has 0 saturated carbocycles. The second-order valence-corrected chi connectivity index (χ2v) is 4.80. The number of aromatic carboxylic acids is 1. The van der Waals surface area contributed by atoms with Gasteiger partial charge < -0.3 is 15.5 Å². The first kappa shape index (κ1) is 14.9. The SMILES string of the molecule is O=C(Cc1cccc(O)c1)Nc1cc(C(=O)O)ccc1Cl. The highest BCUT2D eigenvalue weighted by molar-refractivity contribution is 6.33. The fraction of sp³-hybridized carbons (Fsp3) is 0.0667. The van der Waals surface area contributed by atoms with Crippen molar-refractivity contribution in [1.29, 1.82) is 0 Å². The molecule has 2 rings (SSSR count). The fourth-order valence-electron chi connectivity index (χ4n) is 1.80. The van der Waals surface area contributed by atoms with Gasteiger partial charge in [0.05, 0.1) is 22.7 Å². The number of phenols is 1. The van der Waals surface area contributed by atoms with Crippen LogP contribution in [0.1, 0.15) is 15.9 Å². The summed E-state index contributed by atoms with van der Waals surface area (Å²) in [6.07, 6.45) is 0.0437. The maximum Gasteiger partial charge on any atom is 0.335 e. The summed E-state index contributed by atoms with van der Waals surface area (Å²) in [5.74, 6) is -1.38. The summed E-state index contributed by atoms with van der Waals surface area (Å²) in [4.78, 5) is 22.8. The van der Waals surface area contributed by atoms with Crippen LogP contribution in [0.4, 0.5) is 5.69 Å². The number of amides is 1. The minimum absolute atomic E-state index is 0.0343. The van der Waals surface area contributed by atoms with Gasteiger partial charge in [-0.1, -0.05) is 23.7 Å². The van der Waals surface area contributed by atoms with Crippen LogP contribution in [0.15, 0.2) is 42.5 Å². The van der Waals surface area contributed by atoms with Gasteiger partial charge in [0, 0.05) is 0 Å². The zero-order valence-electron chi connectivity index (χ0n) is 10.8. The van der Waals surface area contributed by atoms with Gasteiger partial charge in [0.1, 0.15) is 5.75 Å². The van der Waals surface area contributed by atoms with Gasteiger partial charge in [0.25, 0.3) is 0 Å². The van der Waals surface area contributed by atoms with Crippen LogP contribution in [-0.4, -0.2) is 22.1 Å². The second-order valence-electron chi connectivity index (χ2n) is 4.39. The summed E-state index contributed by atoms with van der Waals surface area (Å²) in [6.45, 7) is 0. The first-order valence-electron chi connectivity index (χ1n) is 6.06. The fourth-order valence-corrected chi connectivity index (χ4v) is 1.97. The van der Waals surface area contributed by atoms with Crippen molar-refractivity contribution in [2.24, 2.45) is 0 Å². The van der Waals surface area contributed by atoms with Crippen LogP contribution in [-0.2, 0) is 11.2 Å². The van der Waals surface area contributed by atoms with Gasteiger partial charge in [-0.05, 0) is 35.9 Å². The number of carboxylic acid groups (broad SMARTS) is 1. The summed E-state index contributed by atoms with van der Waals surface area (Å²) >= 11 is 5.93. The molecule has 0 unspecified atom stereocenters. The van der Waals surface area contributed by atoms with Crippen molar-refractivity contribution < 1.29 is 19.8 Å². The van der Waals surface area contributed by atoms with Crippen molar-refractivity contribution in [2.45, 2.75) is 6.42 Å². The average Bonchev–Trinajstić information content (AvgIpc) is 2.41. The number of aromatic hydroxyl groups is 1. The van der Waals surface area contributed by atoms with E-state index in [1.165, 1.54) is 30.3 Å². The van der Waals surface area contributed by atoms with Gasteiger partial charge in [-0.15, -0.1) is 0 Å². The number of benzene rings is 2. The monoisotopic (exact) mass is 305 g/mol. The summed E-state index contributed by atoms with van der Waals surface area (Å²) < 4.78 is 0. The Kier molecular flexibility index (Phi) is 4.45. The highest BCUT2D eigenvalue weighted by atomic mass is 35.5. The number of phenolic OH excluding ortho intramolecular Hbond substituents is 1. The molecule has 108 valence electrons. The highest BCUT2D eigenvalue weighted by Gasteiger charge is 2.10. The number of carbonyl (C=O) groups excluding carboxylic acids is 1. The lowest BCUT2D eigenvalue weighted by molar-refractivity contribution is -0.115. The smallest absolute Gasteiger partial charge is 0.335 e. The van der Waals surface area contributed by atoms with E-state index in [-0.39, 0.29) is 34.4 Å². The largest absolute Gasteiger partial charge is 0.508 e. The van der Waals surface area contributed by atoms with Crippen molar-refractivity contribution in [2.75, 3.05) is 5.32 Å². The number of hydrogen-bond acceptors (Lipinski definition) is 3. The molecular weight excluding hydrogens is 294 g/mol. The lowest BCUT2D eigenvalue weighted by Gasteiger charge is -2.08. The molecule has 2 aromatic rings. The van der Waals surface area contributed by atoms with Crippen molar-refractivity contribution in [3.05, 3.63) is 58.6 Å². The minimum atomic E-state index is -1.10. The molecular formula is C15H12ClNO4. The molecule has 0 aliphatic rings. The molecule has 0 fully saturated rings. The molecule has 0 atom stereocenters. The molecule has 21 heavy (non-hydrogen) atoms. The first-order valence-corrected chi connectivity index (χ1v) is 6.44. The van der Waals surface area contributed by atoms with Crippen LogP contribution in [0.5, 0.6) is 5.75 Å². The molecule has 0 aromatic heterocycles. The zero-order chi connectivity index (χ0) is 15.4.